The van der Waals surface area contributed by atoms with Gasteiger partial charge in [0, 0.05) is 12.0 Å². The van der Waals surface area contributed by atoms with E-state index in [1.54, 1.807) is 6.92 Å². The lowest BCUT2D eigenvalue weighted by Gasteiger charge is -2.10. The second-order valence-electron chi connectivity index (χ2n) is 5.71. The first-order valence-corrected chi connectivity index (χ1v) is 8.30. The maximum absolute atomic E-state index is 11.2. The summed E-state index contributed by atoms with van der Waals surface area (Å²) < 4.78 is 4.85. The molecule has 1 atom stereocenters. The topological polar surface area (TPSA) is 96.4 Å². The lowest BCUT2D eigenvalue weighted by atomic mass is 10.0. The molecule has 128 valence electrons. The molecule has 0 aliphatic heterocycles. The Bertz CT molecular complexity index is 486. The van der Waals surface area contributed by atoms with Gasteiger partial charge in [-0.25, -0.2) is 0 Å². The number of nitrogen functional groups attached to an aromatic ring is 1. The molecule has 0 radical (unpaired) electrons. The Balaban J connectivity index is 2.11. The molecule has 5 heteroatoms. The van der Waals surface area contributed by atoms with E-state index in [4.69, 9.17) is 15.9 Å². The number of nitrogens with two attached hydrogens (primary N) is 1. The van der Waals surface area contributed by atoms with E-state index in [2.05, 4.69) is 0 Å². The van der Waals surface area contributed by atoms with Crippen LogP contribution >= 0.6 is 0 Å². The largest absolute Gasteiger partial charge is 0.466 e. The van der Waals surface area contributed by atoms with Gasteiger partial charge in [0.25, 0.3) is 0 Å². The summed E-state index contributed by atoms with van der Waals surface area (Å²) in [6.07, 6.45) is 5.03. The summed E-state index contributed by atoms with van der Waals surface area (Å²) in [5.41, 5.74) is 7.38. The highest BCUT2D eigenvalue weighted by Crippen LogP contribution is 2.12. The van der Waals surface area contributed by atoms with Crippen molar-refractivity contribution in [3.05, 3.63) is 35.4 Å². The van der Waals surface area contributed by atoms with Crippen molar-refractivity contribution < 1.29 is 14.6 Å². The Morgan fingerprint density at radius 3 is 2.48 bits per heavy atom. The van der Waals surface area contributed by atoms with Crippen LogP contribution in [0.25, 0.3) is 0 Å². The van der Waals surface area contributed by atoms with Crippen molar-refractivity contribution in [2.75, 3.05) is 6.61 Å². The normalized spacial score (nSPS) is 11.9. The van der Waals surface area contributed by atoms with Crippen LogP contribution in [0, 0.1) is 5.41 Å². The van der Waals surface area contributed by atoms with Crippen molar-refractivity contribution in [3.63, 3.8) is 0 Å². The Morgan fingerprint density at radius 1 is 1.22 bits per heavy atom. The number of aliphatic hydroxyl groups excluding tert-OH is 1. The molecule has 0 amide bonds. The predicted octanol–water partition coefficient (Wildman–Crippen LogP) is 2.78. The van der Waals surface area contributed by atoms with Crippen molar-refractivity contribution in [1.82, 2.24) is 0 Å². The van der Waals surface area contributed by atoms with E-state index in [1.807, 2.05) is 24.3 Å². The SMILES string of the molecule is CCOC(=O)CCCC(O)CCCCc1ccc(C(=N)N)cc1. The van der Waals surface area contributed by atoms with Crippen LogP contribution in [0.2, 0.25) is 0 Å². The zero-order valence-corrected chi connectivity index (χ0v) is 13.9. The summed E-state index contributed by atoms with van der Waals surface area (Å²) in [6, 6.07) is 7.71. The van der Waals surface area contributed by atoms with Crippen LogP contribution < -0.4 is 5.73 Å². The number of benzene rings is 1. The Hall–Kier alpha value is -1.88. The van der Waals surface area contributed by atoms with Crippen molar-refractivity contribution in [2.24, 2.45) is 5.73 Å². The summed E-state index contributed by atoms with van der Waals surface area (Å²) in [5.74, 6) is -0.101. The maximum Gasteiger partial charge on any atom is 0.305 e. The second kappa shape index (κ2) is 10.8. The van der Waals surface area contributed by atoms with Gasteiger partial charge in [0.2, 0.25) is 0 Å². The molecular formula is C18H28N2O3. The van der Waals surface area contributed by atoms with Gasteiger partial charge in [-0.2, -0.15) is 0 Å². The van der Waals surface area contributed by atoms with Gasteiger partial charge in [-0.15, -0.1) is 0 Å². The Morgan fingerprint density at radius 2 is 1.87 bits per heavy atom. The molecule has 1 aromatic carbocycles. The molecule has 0 fully saturated rings. The fourth-order valence-corrected chi connectivity index (χ4v) is 2.42. The number of amidine groups is 1. The number of aryl methyl sites for hydroxylation is 1. The minimum absolute atomic E-state index is 0.0856. The highest BCUT2D eigenvalue weighted by Gasteiger charge is 2.07. The number of hydrogen-bond donors (Lipinski definition) is 3. The van der Waals surface area contributed by atoms with Crippen LogP contribution in [-0.2, 0) is 16.0 Å². The van der Waals surface area contributed by atoms with Crippen molar-refractivity contribution in [1.29, 1.82) is 5.41 Å². The van der Waals surface area contributed by atoms with Gasteiger partial charge in [0.05, 0.1) is 12.7 Å². The Labute approximate surface area is 138 Å². The van der Waals surface area contributed by atoms with Gasteiger partial charge >= 0.3 is 5.97 Å². The molecule has 0 aliphatic carbocycles. The molecule has 0 bridgehead atoms. The molecule has 1 rings (SSSR count). The third-order valence-corrected chi connectivity index (χ3v) is 3.74. The quantitative estimate of drug-likeness (QED) is 0.253. The molecule has 0 aromatic heterocycles. The van der Waals surface area contributed by atoms with Crippen LogP contribution in [0.3, 0.4) is 0 Å². The monoisotopic (exact) mass is 320 g/mol. The fraction of sp³-hybridized carbons (Fsp3) is 0.556. The zero-order valence-electron chi connectivity index (χ0n) is 13.9. The number of ether oxygens (including phenoxy) is 1. The summed E-state index contributed by atoms with van der Waals surface area (Å²) >= 11 is 0. The van der Waals surface area contributed by atoms with E-state index >= 15 is 0 Å². The minimum atomic E-state index is -0.343. The summed E-state index contributed by atoms with van der Waals surface area (Å²) in [4.78, 5) is 11.2. The molecule has 0 spiro atoms. The third-order valence-electron chi connectivity index (χ3n) is 3.74. The van der Waals surface area contributed by atoms with Gasteiger partial charge in [-0.05, 0) is 44.6 Å². The van der Waals surface area contributed by atoms with Gasteiger partial charge in [-0.3, -0.25) is 10.2 Å². The molecule has 1 aromatic rings. The van der Waals surface area contributed by atoms with E-state index in [1.165, 1.54) is 5.56 Å². The molecule has 0 saturated carbocycles. The molecule has 1 unspecified atom stereocenters. The van der Waals surface area contributed by atoms with E-state index in [-0.39, 0.29) is 17.9 Å². The third kappa shape index (κ3) is 8.35. The zero-order chi connectivity index (χ0) is 17.1. The molecule has 5 nitrogen and oxygen atoms in total. The minimum Gasteiger partial charge on any atom is -0.466 e. The number of nitrogens with one attached hydrogen (secondary N) is 1. The van der Waals surface area contributed by atoms with E-state index in [0.29, 0.717) is 25.9 Å². The van der Waals surface area contributed by atoms with Gasteiger partial charge in [0.1, 0.15) is 5.84 Å². The van der Waals surface area contributed by atoms with Gasteiger partial charge < -0.3 is 15.6 Å². The maximum atomic E-state index is 11.2. The average Bonchev–Trinajstić information content (AvgIpc) is 2.52. The number of hydrogen-bond acceptors (Lipinski definition) is 4. The highest BCUT2D eigenvalue weighted by molar-refractivity contribution is 5.94. The first-order valence-electron chi connectivity index (χ1n) is 8.30. The predicted molar refractivity (Wildman–Crippen MR) is 91.5 cm³/mol. The number of carbonyl (C=O) groups excluding carboxylic acids is 1. The van der Waals surface area contributed by atoms with Gasteiger partial charge in [-0.1, -0.05) is 30.7 Å². The number of unbranched alkanes of at least 4 members (excludes halogenated alkanes) is 1. The van der Waals surface area contributed by atoms with Crippen LogP contribution in [0.5, 0.6) is 0 Å². The number of esters is 1. The highest BCUT2D eigenvalue weighted by atomic mass is 16.5. The number of rotatable bonds is 11. The molecule has 4 N–H and O–H groups in total. The average molecular weight is 320 g/mol. The van der Waals surface area contributed by atoms with Crippen LogP contribution in [0.4, 0.5) is 0 Å². The van der Waals surface area contributed by atoms with Crippen LogP contribution in [-0.4, -0.2) is 29.6 Å². The van der Waals surface area contributed by atoms with E-state index in [9.17, 15) is 9.90 Å². The molecular weight excluding hydrogens is 292 g/mol. The number of carbonyl (C=O) groups is 1. The fourth-order valence-electron chi connectivity index (χ4n) is 2.42. The first-order chi connectivity index (χ1) is 11.0. The molecule has 23 heavy (non-hydrogen) atoms. The molecule has 0 saturated heterocycles. The molecule has 0 heterocycles. The van der Waals surface area contributed by atoms with Gasteiger partial charge in [0.15, 0.2) is 0 Å². The van der Waals surface area contributed by atoms with E-state index in [0.717, 1.165) is 31.2 Å². The summed E-state index contributed by atoms with van der Waals surface area (Å²) in [5, 5.41) is 17.2. The summed E-state index contributed by atoms with van der Waals surface area (Å²) in [6.45, 7) is 2.20. The Kier molecular flexibility index (Phi) is 8.98. The molecule has 0 aliphatic rings. The second-order valence-corrected chi connectivity index (χ2v) is 5.71. The standard InChI is InChI=1S/C18H28N2O3/c1-2-23-17(22)9-5-8-16(21)7-4-3-6-14-10-12-15(13-11-14)18(19)20/h10-13,16,21H,2-9H2,1H3,(H3,19,20). The van der Waals surface area contributed by atoms with E-state index < -0.39 is 0 Å². The smallest absolute Gasteiger partial charge is 0.305 e. The first kappa shape index (κ1) is 19.2. The lowest BCUT2D eigenvalue weighted by molar-refractivity contribution is -0.143. The summed E-state index contributed by atoms with van der Waals surface area (Å²) in [7, 11) is 0. The van der Waals surface area contributed by atoms with Crippen LogP contribution in [0.1, 0.15) is 56.6 Å². The van der Waals surface area contributed by atoms with Crippen molar-refractivity contribution >= 4 is 11.8 Å². The lowest BCUT2D eigenvalue weighted by Crippen LogP contribution is -2.10. The van der Waals surface area contributed by atoms with Crippen molar-refractivity contribution in [2.45, 2.75) is 58.0 Å². The number of aliphatic hydroxyl groups is 1. The van der Waals surface area contributed by atoms with Crippen molar-refractivity contribution in [3.8, 4) is 0 Å². The van der Waals surface area contributed by atoms with Crippen LogP contribution in [0.15, 0.2) is 24.3 Å².